The van der Waals surface area contributed by atoms with Gasteiger partial charge in [-0.15, -0.1) is 0 Å². The molecule has 0 aromatic heterocycles. The van der Waals surface area contributed by atoms with E-state index in [2.05, 4.69) is 5.32 Å². The van der Waals surface area contributed by atoms with Gasteiger partial charge < -0.3 is 24.6 Å². The Morgan fingerprint density at radius 1 is 1.00 bits per heavy atom. The van der Waals surface area contributed by atoms with Crippen molar-refractivity contribution >= 4 is 28.1 Å². The molecule has 1 aliphatic heterocycles. The number of carbonyl (C=O) groups excluding carboxylic acids is 3. The highest BCUT2D eigenvalue weighted by molar-refractivity contribution is 7.89. The summed E-state index contributed by atoms with van der Waals surface area (Å²) in [5.41, 5.74) is -3.03. The van der Waals surface area contributed by atoms with Crippen molar-refractivity contribution in [1.29, 1.82) is 0 Å². The van der Waals surface area contributed by atoms with E-state index in [1.165, 1.54) is 30.3 Å². The Labute approximate surface area is 231 Å². The van der Waals surface area contributed by atoms with Crippen molar-refractivity contribution in [2.45, 2.75) is 42.4 Å². The number of aryl methyl sites for hydroxylation is 1. The summed E-state index contributed by atoms with van der Waals surface area (Å²) in [5.74, 6) is -4.58. The zero-order chi connectivity index (χ0) is 29.3. The monoisotopic (exact) mass is 578 g/mol. The third-order valence-corrected chi connectivity index (χ3v) is 9.45. The van der Waals surface area contributed by atoms with Gasteiger partial charge in [0.2, 0.25) is 10.0 Å². The molecule has 0 radical (unpaired) electrons. The maximum atomic E-state index is 14.1. The van der Waals surface area contributed by atoms with Gasteiger partial charge in [0.25, 0.3) is 0 Å². The Balaban J connectivity index is 1.70. The lowest BCUT2D eigenvalue weighted by Gasteiger charge is -2.48. The molecule has 1 saturated heterocycles. The fourth-order valence-electron chi connectivity index (χ4n) is 5.45. The summed E-state index contributed by atoms with van der Waals surface area (Å²) < 4.78 is 57.7. The van der Waals surface area contributed by atoms with E-state index < -0.39 is 82.8 Å². The second kappa shape index (κ2) is 11.1. The third-order valence-electron chi connectivity index (χ3n) is 7.65. The number of nitrogens with zero attached hydrogens (tertiary/aromatic N) is 1. The van der Waals surface area contributed by atoms with E-state index in [4.69, 9.17) is 14.2 Å². The molecule has 2 N–H and O–H groups in total. The van der Waals surface area contributed by atoms with E-state index >= 15 is 0 Å². The normalized spacial score (nSPS) is 26.4. The molecule has 40 heavy (non-hydrogen) atoms. The molecule has 4 rings (SSSR count). The first kappa shape index (κ1) is 29.4. The van der Waals surface area contributed by atoms with Gasteiger partial charge in [-0.25, -0.2) is 17.6 Å². The number of alkyl carbamates (subject to hydrolysis) is 1. The number of sulfonamides is 1. The Kier molecular flexibility index (Phi) is 8.20. The molecule has 1 amide bonds. The van der Waals surface area contributed by atoms with Gasteiger partial charge in [0, 0.05) is 25.1 Å². The second-order valence-corrected chi connectivity index (χ2v) is 12.1. The minimum absolute atomic E-state index is 0.0477. The van der Waals surface area contributed by atoms with Crippen LogP contribution >= 0.6 is 0 Å². The van der Waals surface area contributed by atoms with E-state index in [-0.39, 0.29) is 17.0 Å². The number of rotatable bonds is 7. The third kappa shape index (κ3) is 5.40. The fraction of sp³-hybridized carbons (Fsp3) is 0.444. The average Bonchev–Trinajstić information content (AvgIpc) is 3.23. The number of β-amino-alcohol motifs (C(OH)–C–C–N with tert-alkyl or cyclic N) is 1. The molecule has 1 aliphatic carbocycles. The predicted octanol–water partition coefficient (Wildman–Crippen LogP) is 1.91. The van der Waals surface area contributed by atoms with E-state index in [9.17, 15) is 32.3 Å². The van der Waals surface area contributed by atoms with Crippen LogP contribution in [0.4, 0.5) is 9.18 Å². The zero-order valence-electron chi connectivity index (χ0n) is 22.3. The molecule has 0 bridgehead atoms. The topological polar surface area (TPSA) is 149 Å². The standard InChI is InChI=1S/C27H31FN2O9S/c1-17-8-10-19(11-9-17)40(35,36)30-15-26(34)12-20(23(31)37-2)21(24(32)38-3)13-27(26,16-30)39-25(33)29-14-18-6-4-5-7-22(18)28/h4-11,20-21,34H,12-16H2,1-3H3,(H,29,33)/t20-,21+,26+,27-/m0/s1. The number of halogens is 1. The van der Waals surface area contributed by atoms with Gasteiger partial charge in [-0.05, 0) is 31.5 Å². The number of nitrogens with one attached hydrogen (secondary N) is 1. The van der Waals surface area contributed by atoms with Crippen molar-refractivity contribution in [3.05, 3.63) is 65.5 Å². The summed E-state index contributed by atoms with van der Waals surface area (Å²) in [4.78, 5) is 38.4. The molecular weight excluding hydrogens is 547 g/mol. The largest absolute Gasteiger partial charge is 0.469 e. The highest BCUT2D eigenvalue weighted by atomic mass is 32.2. The van der Waals surface area contributed by atoms with Crippen LogP contribution in [0, 0.1) is 24.6 Å². The molecule has 1 saturated carbocycles. The van der Waals surface area contributed by atoms with Gasteiger partial charge in [0.1, 0.15) is 11.4 Å². The number of hydrogen-bond donors (Lipinski definition) is 2. The van der Waals surface area contributed by atoms with Gasteiger partial charge in [0.15, 0.2) is 5.60 Å². The summed E-state index contributed by atoms with van der Waals surface area (Å²) >= 11 is 0. The second-order valence-electron chi connectivity index (χ2n) is 10.1. The van der Waals surface area contributed by atoms with Crippen molar-refractivity contribution in [3.8, 4) is 0 Å². The van der Waals surface area contributed by atoms with Gasteiger partial charge in [0.05, 0.1) is 37.5 Å². The number of hydrogen-bond acceptors (Lipinski definition) is 9. The maximum Gasteiger partial charge on any atom is 0.408 e. The molecule has 11 nitrogen and oxygen atoms in total. The number of methoxy groups -OCH3 is 2. The van der Waals surface area contributed by atoms with Crippen LogP contribution in [0.25, 0.3) is 0 Å². The Morgan fingerprint density at radius 2 is 1.60 bits per heavy atom. The number of carbonyl (C=O) groups is 3. The molecule has 0 spiro atoms. The first-order chi connectivity index (χ1) is 18.9. The SMILES string of the molecule is COC(=O)[C@H]1C[C@@]2(O)CN(S(=O)(=O)c3ccc(C)cc3)C[C@@]2(OC(=O)NCc2ccccc2F)C[C@H]1C(=O)OC. The van der Waals surface area contributed by atoms with Crippen molar-refractivity contribution in [2.75, 3.05) is 27.3 Å². The lowest BCUT2D eigenvalue weighted by Crippen LogP contribution is -2.64. The van der Waals surface area contributed by atoms with Crippen LogP contribution in [0.1, 0.15) is 24.0 Å². The molecule has 2 aromatic rings. The molecule has 2 aromatic carbocycles. The molecule has 216 valence electrons. The van der Waals surface area contributed by atoms with E-state index in [1.807, 2.05) is 0 Å². The van der Waals surface area contributed by atoms with Crippen LogP contribution in [0.2, 0.25) is 0 Å². The van der Waals surface area contributed by atoms with Crippen molar-refractivity contribution in [3.63, 3.8) is 0 Å². The minimum atomic E-state index is -4.19. The number of benzene rings is 2. The molecule has 2 fully saturated rings. The summed E-state index contributed by atoms with van der Waals surface area (Å²) in [7, 11) is -1.95. The smallest absolute Gasteiger partial charge is 0.408 e. The maximum absolute atomic E-state index is 14.1. The Morgan fingerprint density at radius 3 is 2.20 bits per heavy atom. The van der Waals surface area contributed by atoms with Gasteiger partial charge in [-0.2, -0.15) is 4.31 Å². The van der Waals surface area contributed by atoms with Gasteiger partial charge in [-0.3, -0.25) is 9.59 Å². The Bertz CT molecular complexity index is 1400. The number of ether oxygens (including phenoxy) is 3. The minimum Gasteiger partial charge on any atom is -0.469 e. The summed E-state index contributed by atoms with van der Waals surface area (Å²) in [6, 6.07) is 11.8. The lowest BCUT2D eigenvalue weighted by atomic mass is 9.64. The molecule has 0 unspecified atom stereocenters. The average molecular weight is 579 g/mol. The van der Waals surface area contributed by atoms with E-state index in [1.54, 1.807) is 25.1 Å². The first-order valence-corrected chi connectivity index (χ1v) is 13.9. The van der Waals surface area contributed by atoms with Crippen LogP contribution < -0.4 is 5.32 Å². The van der Waals surface area contributed by atoms with Gasteiger partial charge in [-0.1, -0.05) is 35.9 Å². The molecule has 4 atom stereocenters. The molecule has 2 aliphatic rings. The zero-order valence-corrected chi connectivity index (χ0v) is 23.1. The van der Waals surface area contributed by atoms with Crippen LogP contribution in [-0.2, 0) is 40.4 Å². The molecular formula is C27H31FN2O9S. The predicted molar refractivity (Wildman–Crippen MR) is 138 cm³/mol. The van der Waals surface area contributed by atoms with E-state index in [0.29, 0.717) is 0 Å². The first-order valence-electron chi connectivity index (χ1n) is 12.5. The van der Waals surface area contributed by atoms with Crippen LogP contribution in [0.5, 0.6) is 0 Å². The summed E-state index contributed by atoms with van der Waals surface area (Å²) in [5, 5.41) is 14.3. The fourth-order valence-corrected chi connectivity index (χ4v) is 6.99. The highest BCUT2D eigenvalue weighted by Gasteiger charge is 2.68. The van der Waals surface area contributed by atoms with Crippen LogP contribution in [0.3, 0.4) is 0 Å². The molecule has 1 heterocycles. The number of aliphatic hydroxyl groups is 1. The highest BCUT2D eigenvalue weighted by Crippen LogP contribution is 2.51. The number of esters is 2. The quantitative estimate of drug-likeness (QED) is 0.371. The van der Waals surface area contributed by atoms with Crippen LogP contribution in [0.15, 0.2) is 53.4 Å². The summed E-state index contributed by atoms with van der Waals surface area (Å²) in [6.45, 7) is 0.516. The number of fused-ring (bicyclic) bond motifs is 1. The number of amides is 1. The van der Waals surface area contributed by atoms with Gasteiger partial charge >= 0.3 is 18.0 Å². The molecule has 13 heteroatoms. The van der Waals surface area contributed by atoms with Crippen molar-refractivity contribution < 1.29 is 46.5 Å². The summed E-state index contributed by atoms with van der Waals surface area (Å²) in [6.07, 6.45) is -1.94. The lowest BCUT2D eigenvalue weighted by molar-refractivity contribution is -0.192. The van der Waals surface area contributed by atoms with Crippen LogP contribution in [-0.4, -0.2) is 74.4 Å². The van der Waals surface area contributed by atoms with E-state index in [0.717, 1.165) is 24.1 Å². The Hall–Kier alpha value is -3.55. The van der Waals surface area contributed by atoms with Crippen molar-refractivity contribution in [1.82, 2.24) is 9.62 Å². The van der Waals surface area contributed by atoms with Crippen molar-refractivity contribution in [2.24, 2.45) is 11.8 Å².